The van der Waals surface area contributed by atoms with Crippen LogP contribution in [0.4, 0.5) is 5.95 Å². The first kappa shape index (κ1) is 15.5. The van der Waals surface area contributed by atoms with Crippen molar-refractivity contribution >= 4 is 16.9 Å². The van der Waals surface area contributed by atoms with Gasteiger partial charge in [0, 0.05) is 7.05 Å². The molecule has 21 heavy (non-hydrogen) atoms. The number of hydrogen-bond donors (Lipinski definition) is 1. The number of ether oxygens (including phenoxy) is 1. The molecule has 0 aliphatic carbocycles. The van der Waals surface area contributed by atoms with Crippen molar-refractivity contribution in [1.29, 1.82) is 0 Å². The third-order valence-electron chi connectivity index (χ3n) is 3.79. The van der Waals surface area contributed by atoms with Crippen molar-refractivity contribution in [2.75, 3.05) is 19.0 Å². The van der Waals surface area contributed by atoms with Crippen molar-refractivity contribution in [1.82, 2.24) is 9.97 Å². The fraction of sp³-hybridized carbons (Fsp3) is 0.529. The SMILES string of the molecule is CCCCC(CC)COc1nc(NC)nc2ccccc12. The Morgan fingerprint density at radius 3 is 2.71 bits per heavy atom. The van der Waals surface area contributed by atoms with E-state index in [0.717, 1.165) is 23.9 Å². The van der Waals surface area contributed by atoms with E-state index in [2.05, 4.69) is 29.1 Å². The van der Waals surface area contributed by atoms with Crippen LogP contribution in [0.3, 0.4) is 0 Å². The molecule has 1 atom stereocenters. The summed E-state index contributed by atoms with van der Waals surface area (Å²) in [4.78, 5) is 8.91. The number of rotatable bonds is 8. The zero-order chi connectivity index (χ0) is 15.1. The van der Waals surface area contributed by atoms with Crippen LogP contribution in [0.5, 0.6) is 5.88 Å². The highest BCUT2D eigenvalue weighted by Crippen LogP contribution is 2.25. The lowest BCUT2D eigenvalue weighted by atomic mass is 10.0. The molecule has 4 heteroatoms. The highest BCUT2D eigenvalue weighted by molar-refractivity contribution is 5.84. The van der Waals surface area contributed by atoms with Gasteiger partial charge in [-0.1, -0.05) is 45.2 Å². The van der Waals surface area contributed by atoms with Crippen molar-refractivity contribution in [2.45, 2.75) is 39.5 Å². The van der Waals surface area contributed by atoms with Crippen molar-refractivity contribution in [3.05, 3.63) is 24.3 Å². The van der Waals surface area contributed by atoms with Crippen LogP contribution in [0.2, 0.25) is 0 Å². The highest BCUT2D eigenvalue weighted by Gasteiger charge is 2.11. The van der Waals surface area contributed by atoms with Gasteiger partial charge in [-0.25, -0.2) is 4.98 Å². The molecule has 4 nitrogen and oxygen atoms in total. The number of hydrogen-bond acceptors (Lipinski definition) is 4. The zero-order valence-corrected chi connectivity index (χ0v) is 13.2. The number of anilines is 1. The largest absolute Gasteiger partial charge is 0.477 e. The Labute approximate surface area is 127 Å². The number of benzene rings is 1. The van der Waals surface area contributed by atoms with Gasteiger partial charge < -0.3 is 10.1 Å². The summed E-state index contributed by atoms with van der Waals surface area (Å²) in [5.41, 5.74) is 0.911. The number of aromatic nitrogens is 2. The third kappa shape index (κ3) is 4.06. The summed E-state index contributed by atoms with van der Waals surface area (Å²) in [6.45, 7) is 5.17. The van der Waals surface area contributed by atoms with Gasteiger partial charge >= 0.3 is 0 Å². The summed E-state index contributed by atoms with van der Waals surface area (Å²) < 4.78 is 6.02. The topological polar surface area (TPSA) is 47.0 Å². The van der Waals surface area contributed by atoms with Crippen LogP contribution in [-0.4, -0.2) is 23.6 Å². The summed E-state index contributed by atoms with van der Waals surface area (Å²) in [6.07, 6.45) is 4.85. The molecule has 1 N–H and O–H groups in total. The summed E-state index contributed by atoms with van der Waals surface area (Å²) in [5.74, 6) is 1.88. The number of para-hydroxylation sites is 1. The molecule has 0 saturated heterocycles. The lowest BCUT2D eigenvalue weighted by Gasteiger charge is -2.16. The first-order chi connectivity index (χ1) is 10.3. The molecule has 0 spiro atoms. The van der Waals surface area contributed by atoms with E-state index in [4.69, 9.17) is 4.74 Å². The molecule has 0 bridgehead atoms. The fourth-order valence-corrected chi connectivity index (χ4v) is 2.36. The molecule has 0 aliphatic heterocycles. The first-order valence-corrected chi connectivity index (χ1v) is 7.85. The van der Waals surface area contributed by atoms with E-state index in [1.54, 1.807) is 0 Å². The summed E-state index contributed by atoms with van der Waals surface area (Å²) in [6, 6.07) is 7.97. The lowest BCUT2D eigenvalue weighted by Crippen LogP contribution is -2.12. The normalized spacial score (nSPS) is 12.3. The number of nitrogens with one attached hydrogen (secondary N) is 1. The maximum Gasteiger partial charge on any atom is 0.226 e. The van der Waals surface area contributed by atoms with Gasteiger partial charge in [0.05, 0.1) is 17.5 Å². The van der Waals surface area contributed by atoms with Gasteiger partial charge in [-0.05, 0) is 24.5 Å². The van der Waals surface area contributed by atoms with Crippen molar-refractivity contribution in [2.24, 2.45) is 5.92 Å². The smallest absolute Gasteiger partial charge is 0.226 e. The second kappa shape index (κ2) is 7.81. The second-order valence-electron chi connectivity index (χ2n) is 5.35. The lowest BCUT2D eigenvalue weighted by molar-refractivity contribution is 0.228. The van der Waals surface area contributed by atoms with Crippen LogP contribution < -0.4 is 10.1 Å². The second-order valence-corrected chi connectivity index (χ2v) is 5.35. The van der Waals surface area contributed by atoms with E-state index in [1.165, 1.54) is 19.3 Å². The van der Waals surface area contributed by atoms with E-state index in [-0.39, 0.29) is 0 Å². The quantitative estimate of drug-likeness (QED) is 0.787. The predicted octanol–water partition coefficient (Wildman–Crippen LogP) is 4.27. The number of nitrogens with zero attached hydrogens (tertiary/aromatic N) is 2. The molecule has 0 amide bonds. The van der Waals surface area contributed by atoms with Gasteiger partial charge in [-0.3, -0.25) is 0 Å². The monoisotopic (exact) mass is 287 g/mol. The predicted molar refractivity (Wildman–Crippen MR) is 87.9 cm³/mol. The van der Waals surface area contributed by atoms with Crippen molar-refractivity contribution < 1.29 is 4.74 Å². The minimum atomic E-state index is 0.594. The Hall–Kier alpha value is -1.84. The van der Waals surface area contributed by atoms with E-state index in [9.17, 15) is 0 Å². The van der Waals surface area contributed by atoms with Gasteiger partial charge in [-0.15, -0.1) is 0 Å². The molecule has 114 valence electrons. The van der Waals surface area contributed by atoms with Crippen LogP contribution in [0, 0.1) is 5.92 Å². The molecule has 2 aromatic rings. The average molecular weight is 287 g/mol. The molecule has 1 aromatic heterocycles. The molecule has 0 fully saturated rings. The van der Waals surface area contributed by atoms with Crippen LogP contribution in [-0.2, 0) is 0 Å². The van der Waals surface area contributed by atoms with Gasteiger partial charge in [0.1, 0.15) is 0 Å². The van der Waals surface area contributed by atoms with Crippen LogP contribution in [0.15, 0.2) is 24.3 Å². The van der Waals surface area contributed by atoms with Gasteiger partial charge in [0.2, 0.25) is 11.8 Å². The highest BCUT2D eigenvalue weighted by atomic mass is 16.5. The van der Waals surface area contributed by atoms with Gasteiger partial charge in [0.15, 0.2) is 0 Å². The standard InChI is InChI=1S/C17H25N3O/c1-4-6-9-13(5-2)12-21-16-14-10-7-8-11-15(14)19-17(18-3)20-16/h7-8,10-11,13H,4-6,9,12H2,1-3H3,(H,18,19,20). The minimum Gasteiger partial charge on any atom is -0.477 e. The van der Waals surface area contributed by atoms with Crippen molar-refractivity contribution in [3.8, 4) is 5.88 Å². The van der Waals surface area contributed by atoms with E-state index in [1.807, 2.05) is 31.3 Å². The van der Waals surface area contributed by atoms with Gasteiger partial charge in [-0.2, -0.15) is 4.98 Å². The molecule has 1 aromatic carbocycles. The van der Waals surface area contributed by atoms with Crippen molar-refractivity contribution in [3.63, 3.8) is 0 Å². The molecular formula is C17H25N3O. The Balaban J connectivity index is 2.16. The Bertz CT molecular complexity index is 571. The Morgan fingerprint density at radius 1 is 1.19 bits per heavy atom. The van der Waals surface area contributed by atoms with Crippen LogP contribution in [0.1, 0.15) is 39.5 Å². The molecular weight excluding hydrogens is 262 g/mol. The Morgan fingerprint density at radius 2 is 2.00 bits per heavy atom. The minimum absolute atomic E-state index is 0.594. The fourth-order valence-electron chi connectivity index (χ4n) is 2.36. The average Bonchev–Trinajstić information content (AvgIpc) is 2.54. The molecule has 2 rings (SSSR count). The van der Waals surface area contributed by atoms with E-state index >= 15 is 0 Å². The number of fused-ring (bicyclic) bond motifs is 1. The molecule has 0 radical (unpaired) electrons. The van der Waals surface area contributed by atoms with Gasteiger partial charge in [0.25, 0.3) is 0 Å². The Kier molecular flexibility index (Phi) is 5.78. The third-order valence-corrected chi connectivity index (χ3v) is 3.79. The first-order valence-electron chi connectivity index (χ1n) is 7.85. The maximum atomic E-state index is 6.02. The number of unbranched alkanes of at least 4 members (excludes halogenated alkanes) is 1. The molecule has 0 aliphatic rings. The summed E-state index contributed by atoms with van der Waals surface area (Å²) >= 11 is 0. The van der Waals surface area contributed by atoms with E-state index < -0.39 is 0 Å². The molecule has 1 heterocycles. The zero-order valence-electron chi connectivity index (χ0n) is 13.2. The van der Waals surface area contributed by atoms with E-state index in [0.29, 0.717) is 17.7 Å². The van der Waals surface area contributed by atoms with Crippen LogP contribution >= 0.6 is 0 Å². The summed E-state index contributed by atoms with van der Waals surface area (Å²) in [5, 5.41) is 3.97. The summed E-state index contributed by atoms with van der Waals surface area (Å²) in [7, 11) is 1.82. The molecule has 1 unspecified atom stereocenters. The van der Waals surface area contributed by atoms with Crippen LogP contribution in [0.25, 0.3) is 10.9 Å². The maximum absolute atomic E-state index is 6.02. The molecule has 0 saturated carbocycles.